The molecule has 17 heavy (non-hydrogen) atoms. The predicted molar refractivity (Wildman–Crippen MR) is 70.5 cm³/mol. The molecule has 1 rings (SSSR count). The van der Waals surface area contributed by atoms with E-state index in [0.717, 1.165) is 26.1 Å². The van der Waals surface area contributed by atoms with Gasteiger partial charge in [0.2, 0.25) is 0 Å². The van der Waals surface area contributed by atoms with Crippen molar-refractivity contribution >= 4 is 0 Å². The van der Waals surface area contributed by atoms with Crippen LogP contribution < -0.4 is 5.32 Å². The van der Waals surface area contributed by atoms with Crippen molar-refractivity contribution in [2.45, 2.75) is 25.9 Å². The fourth-order valence-electron chi connectivity index (χ4n) is 1.78. The van der Waals surface area contributed by atoms with Crippen LogP contribution in [0.15, 0.2) is 30.3 Å². The van der Waals surface area contributed by atoms with Gasteiger partial charge in [0, 0.05) is 13.1 Å². The van der Waals surface area contributed by atoms with E-state index in [1.165, 1.54) is 5.56 Å². The van der Waals surface area contributed by atoms with Crippen LogP contribution in [0.25, 0.3) is 0 Å². The summed E-state index contributed by atoms with van der Waals surface area (Å²) in [7, 11) is 1.83. The van der Waals surface area contributed by atoms with E-state index in [4.69, 9.17) is 5.26 Å². The van der Waals surface area contributed by atoms with Gasteiger partial charge in [-0.15, -0.1) is 0 Å². The quantitative estimate of drug-likeness (QED) is 0.780. The van der Waals surface area contributed by atoms with Crippen molar-refractivity contribution < 1.29 is 0 Å². The van der Waals surface area contributed by atoms with Crippen molar-refractivity contribution in [3.05, 3.63) is 35.9 Å². The zero-order valence-electron chi connectivity index (χ0n) is 10.7. The van der Waals surface area contributed by atoms with Crippen molar-refractivity contribution in [1.82, 2.24) is 10.2 Å². The van der Waals surface area contributed by atoms with Gasteiger partial charge >= 0.3 is 0 Å². The van der Waals surface area contributed by atoms with E-state index in [-0.39, 0.29) is 6.04 Å². The van der Waals surface area contributed by atoms with Gasteiger partial charge in [0.15, 0.2) is 0 Å². The highest BCUT2D eigenvalue weighted by molar-refractivity contribution is 5.14. The Bertz CT molecular complexity index is 342. The van der Waals surface area contributed by atoms with Crippen molar-refractivity contribution in [3.63, 3.8) is 0 Å². The summed E-state index contributed by atoms with van der Waals surface area (Å²) >= 11 is 0. The molecule has 92 valence electrons. The summed E-state index contributed by atoms with van der Waals surface area (Å²) in [6.07, 6.45) is 0.869. The summed E-state index contributed by atoms with van der Waals surface area (Å²) in [4.78, 5) is 2.36. The topological polar surface area (TPSA) is 39.1 Å². The lowest BCUT2D eigenvalue weighted by Gasteiger charge is -2.21. The van der Waals surface area contributed by atoms with Crippen LogP contribution >= 0.6 is 0 Å². The first kappa shape index (κ1) is 13.7. The van der Waals surface area contributed by atoms with Crippen LogP contribution in [0, 0.1) is 11.3 Å². The second-order valence-corrected chi connectivity index (χ2v) is 4.11. The Morgan fingerprint density at radius 2 is 2.06 bits per heavy atom. The SMILES string of the molecule is CCN(CCC(C#N)NC)Cc1ccccc1. The molecule has 0 aliphatic heterocycles. The van der Waals surface area contributed by atoms with Crippen LogP contribution in [-0.4, -0.2) is 31.1 Å². The van der Waals surface area contributed by atoms with Crippen molar-refractivity contribution in [2.24, 2.45) is 0 Å². The first-order chi connectivity index (χ1) is 8.30. The number of hydrogen-bond acceptors (Lipinski definition) is 3. The number of nitrogens with one attached hydrogen (secondary N) is 1. The summed E-state index contributed by atoms with van der Waals surface area (Å²) in [5.41, 5.74) is 1.33. The average Bonchev–Trinajstić information content (AvgIpc) is 2.39. The van der Waals surface area contributed by atoms with E-state index in [2.05, 4.69) is 47.5 Å². The molecule has 0 amide bonds. The summed E-state index contributed by atoms with van der Waals surface area (Å²) < 4.78 is 0. The highest BCUT2D eigenvalue weighted by Crippen LogP contribution is 2.05. The maximum absolute atomic E-state index is 8.87. The van der Waals surface area contributed by atoms with Crippen LogP contribution in [0.1, 0.15) is 18.9 Å². The first-order valence-electron chi connectivity index (χ1n) is 6.13. The van der Waals surface area contributed by atoms with Crippen LogP contribution in [0.2, 0.25) is 0 Å². The third kappa shape index (κ3) is 4.99. The Labute approximate surface area is 104 Å². The van der Waals surface area contributed by atoms with Crippen LogP contribution in [0.3, 0.4) is 0 Å². The minimum atomic E-state index is -0.0418. The molecule has 3 heteroatoms. The number of nitrogens with zero attached hydrogens (tertiary/aromatic N) is 2. The lowest BCUT2D eigenvalue weighted by atomic mass is 10.2. The van der Waals surface area contributed by atoms with E-state index < -0.39 is 0 Å². The van der Waals surface area contributed by atoms with Crippen molar-refractivity contribution in [3.8, 4) is 6.07 Å². The summed E-state index contributed by atoms with van der Waals surface area (Å²) in [5.74, 6) is 0. The fourth-order valence-corrected chi connectivity index (χ4v) is 1.78. The molecule has 1 atom stereocenters. The fraction of sp³-hybridized carbons (Fsp3) is 0.500. The highest BCUT2D eigenvalue weighted by Gasteiger charge is 2.08. The molecule has 0 heterocycles. The van der Waals surface area contributed by atoms with E-state index in [1.807, 2.05) is 13.1 Å². The molecule has 0 aliphatic rings. The molecule has 0 aliphatic carbocycles. The molecule has 3 nitrogen and oxygen atoms in total. The molecule has 0 spiro atoms. The van der Waals surface area contributed by atoms with Gasteiger partial charge in [-0.3, -0.25) is 4.90 Å². The van der Waals surface area contributed by atoms with Crippen LogP contribution in [-0.2, 0) is 6.54 Å². The van der Waals surface area contributed by atoms with Crippen LogP contribution in [0.5, 0.6) is 0 Å². The Morgan fingerprint density at radius 3 is 2.59 bits per heavy atom. The van der Waals surface area contributed by atoms with Gasteiger partial charge in [0.25, 0.3) is 0 Å². The van der Waals surface area contributed by atoms with Crippen LogP contribution in [0.4, 0.5) is 0 Å². The van der Waals surface area contributed by atoms with Crippen molar-refractivity contribution in [2.75, 3.05) is 20.1 Å². The summed E-state index contributed by atoms with van der Waals surface area (Å²) in [6, 6.07) is 12.7. The molecule has 0 saturated carbocycles. The van der Waals surface area contributed by atoms with E-state index in [0.29, 0.717) is 0 Å². The maximum Gasteiger partial charge on any atom is 0.0962 e. The summed E-state index contributed by atoms with van der Waals surface area (Å²) in [5, 5.41) is 11.9. The van der Waals surface area contributed by atoms with Crippen molar-refractivity contribution in [1.29, 1.82) is 5.26 Å². The zero-order chi connectivity index (χ0) is 12.5. The number of hydrogen-bond donors (Lipinski definition) is 1. The van der Waals surface area contributed by atoms with Gasteiger partial charge in [0.05, 0.1) is 12.1 Å². The molecule has 1 unspecified atom stereocenters. The normalized spacial score (nSPS) is 12.4. The molecule has 0 radical (unpaired) electrons. The smallest absolute Gasteiger partial charge is 0.0962 e. The third-order valence-electron chi connectivity index (χ3n) is 2.93. The summed E-state index contributed by atoms with van der Waals surface area (Å²) in [6.45, 7) is 5.07. The molecule has 0 saturated heterocycles. The van der Waals surface area contributed by atoms with Gasteiger partial charge in [-0.05, 0) is 25.6 Å². The number of rotatable bonds is 7. The van der Waals surface area contributed by atoms with Gasteiger partial charge < -0.3 is 5.32 Å². The molecule has 1 N–H and O–H groups in total. The standard InChI is InChI=1S/C14H21N3/c1-3-17(10-9-14(11-15)16-2)12-13-7-5-4-6-8-13/h4-8,14,16H,3,9-10,12H2,1-2H3. The second-order valence-electron chi connectivity index (χ2n) is 4.11. The minimum absolute atomic E-state index is 0.0418. The third-order valence-corrected chi connectivity index (χ3v) is 2.93. The van der Waals surface area contributed by atoms with E-state index in [9.17, 15) is 0 Å². The number of benzene rings is 1. The molecular weight excluding hydrogens is 210 g/mol. The van der Waals surface area contributed by atoms with Gasteiger partial charge in [-0.1, -0.05) is 37.3 Å². The average molecular weight is 231 g/mol. The lowest BCUT2D eigenvalue weighted by Crippen LogP contribution is -2.31. The minimum Gasteiger partial charge on any atom is -0.305 e. The maximum atomic E-state index is 8.87. The second kappa shape index (κ2) is 7.83. The Morgan fingerprint density at radius 1 is 1.35 bits per heavy atom. The molecule has 1 aromatic rings. The van der Waals surface area contributed by atoms with Gasteiger partial charge in [0.1, 0.15) is 0 Å². The molecular formula is C14H21N3. The zero-order valence-corrected chi connectivity index (χ0v) is 10.7. The Hall–Kier alpha value is -1.37. The lowest BCUT2D eigenvalue weighted by molar-refractivity contribution is 0.270. The molecule has 0 aromatic heterocycles. The largest absolute Gasteiger partial charge is 0.305 e. The van der Waals surface area contributed by atoms with E-state index >= 15 is 0 Å². The Kier molecular flexibility index (Phi) is 6.31. The molecule has 1 aromatic carbocycles. The molecule has 0 bridgehead atoms. The van der Waals surface area contributed by atoms with E-state index in [1.54, 1.807) is 0 Å². The van der Waals surface area contributed by atoms with Gasteiger partial charge in [-0.25, -0.2) is 0 Å². The van der Waals surface area contributed by atoms with Gasteiger partial charge in [-0.2, -0.15) is 5.26 Å². The first-order valence-corrected chi connectivity index (χ1v) is 6.13. The molecule has 0 fully saturated rings. The number of nitriles is 1. The monoisotopic (exact) mass is 231 g/mol. The highest BCUT2D eigenvalue weighted by atomic mass is 15.1. The Balaban J connectivity index is 2.42. The predicted octanol–water partition coefficient (Wildman–Crippen LogP) is 2.01.